The largest absolute Gasteiger partial charge is 0.394 e. The van der Waals surface area contributed by atoms with Crippen molar-refractivity contribution in [3.8, 4) is 11.3 Å². The Labute approximate surface area is 231 Å². The van der Waals surface area contributed by atoms with Gasteiger partial charge in [0.1, 0.15) is 6.04 Å². The Balaban J connectivity index is 1.20. The molecule has 2 saturated heterocycles. The summed E-state index contributed by atoms with van der Waals surface area (Å²) in [6.07, 6.45) is 3.86. The third kappa shape index (κ3) is 4.97. The summed E-state index contributed by atoms with van der Waals surface area (Å²) in [5.41, 5.74) is 3.56. The second-order valence-corrected chi connectivity index (χ2v) is 10.6. The molecular formula is C29H30ClN5O4. The number of halogens is 1. The van der Waals surface area contributed by atoms with Gasteiger partial charge in [-0.1, -0.05) is 54.1 Å². The molecule has 6 rings (SSSR count). The standard InChI is InChI=1S/C29H30ClN5O4/c30-23-15-31-29(32-21-9-12-39-13-10-21)33-26(23)19-6-7-20-16-35(27(37)22(20)14-19)24-8-11-34(28(24)38)25(17-36)18-4-2-1-3-5-18/h1-7,14-15,21,24-25,36H,8-13,16-17H2,(H,31,32,33)/t24?,25-/m1/s1. The van der Waals surface area contributed by atoms with E-state index >= 15 is 0 Å². The van der Waals surface area contributed by atoms with Crippen LogP contribution in [0, 0.1) is 0 Å². The van der Waals surface area contributed by atoms with Gasteiger partial charge < -0.3 is 25.0 Å². The summed E-state index contributed by atoms with van der Waals surface area (Å²) in [5, 5.41) is 13.8. The van der Waals surface area contributed by atoms with E-state index in [4.69, 9.17) is 16.3 Å². The maximum atomic E-state index is 13.6. The van der Waals surface area contributed by atoms with Crippen molar-refractivity contribution in [3.63, 3.8) is 0 Å². The average Bonchev–Trinajstić information content (AvgIpc) is 3.50. The minimum atomic E-state index is -0.566. The predicted molar refractivity (Wildman–Crippen MR) is 146 cm³/mol. The van der Waals surface area contributed by atoms with Crippen molar-refractivity contribution in [1.82, 2.24) is 19.8 Å². The molecule has 2 fully saturated rings. The number of carbonyl (C=O) groups excluding carboxylic acids is 2. The van der Waals surface area contributed by atoms with Crippen LogP contribution in [0.1, 0.15) is 46.8 Å². The maximum absolute atomic E-state index is 13.6. The minimum absolute atomic E-state index is 0.137. The number of hydrogen-bond acceptors (Lipinski definition) is 7. The number of rotatable bonds is 7. The molecule has 0 aliphatic carbocycles. The van der Waals surface area contributed by atoms with E-state index in [9.17, 15) is 14.7 Å². The van der Waals surface area contributed by atoms with Gasteiger partial charge >= 0.3 is 0 Å². The molecule has 9 nitrogen and oxygen atoms in total. The lowest BCUT2D eigenvalue weighted by molar-refractivity contribution is -0.134. The van der Waals surface area contributed by atoms with Crippen LogP contribution in [0.25, 0.3) is 11.3 Å². The fourth-order valence-corrected chi connectivity index (χ4v) is 5.93. The summed E-state index contributed by atoms with van der Waals surface area (Å²) in [7, 11) is 0. The van der Waals surface area contributed by atoms with Crippen LogP contribution in [-0.2, 0) is 16.1 Å². The van der Waals surface area contributed by atoms with Gasteiger partial charge in [0.2, 0.25) is 11.9 Å². The van der Waals surface area contributed by atoms with Gasteiger partial charge in [0.15, 0.2) is 0 Å². The van der Waals surface area contributed by atoms with Gasteiger partial charge in [-0.3, -0.25) is 9.59 Å². The van der Waals surface area contributed by atoms with E-state index in [1.54, 1.807) is 16.0 Å². The first-order valence-corrected chi connectivity index (χ1v) is 13.7. The van der Waals surface area contributed by atoms with E-state index in [1.807, 2.05) is 48.5 Å². The SMILES string of the molecule is O=C1c2cc(-c3nc(NC4CCOCC4)ncc3Cl)ccc2CN1C1CCN([C@H](CO)c2ccccc2)C1=O. The molecule has 0 spiro atoms. The Kier molecular flexibility index (Phi) is 7.20. The first-order chi connectivity index (χ1) is 19.0. The predicted octanol–water partition coefficient (Wildman–Crippen LogP) is 3.68. The van der Waals surface area contributed by atoms with E-state index in [2.05, 4.69) is 15.3 Å². The highest BCUT2D eigenvalue weighted by molar-refractivity contribution is 6.33. The third-order valence-electron chi connectivity index (χ3n) is 7.84. The Morgan fingerprint density at radius 3 is 2.67 bits per heavy atom. The van der Waals surface area contributed by atoms with Crippen molar-refractivity contribution in [2.45, 2.75) is 43.9 Å². The number of aliphatic hydroxyl groups excluding tert-OH is 1. The summed E-state index contributed by atoms with van der Waals surface area (Å²) in [5.74, 6) is 0.170. The van der Waals surface area contributed by atoms with Crippen molar-refractivity contribution >= 4 is 29.4 Å². The molecule has 39 heavy (non-hydrogen) atoms. The molecule has 10 heteroatoms. The highest BCUT2D eigenvalue weighted by atomic mass is 35.5. The molecule has 0 bridgehead atoms. The molecule has 3 aliphatic rings. The van der Waals surface area contributed by atoms with Crippen molar-refractivity contribution in [2.75, 3.05) is 31.7 Å². The van der Waals surface area contributed by atoms with Crippen molar-refractivity contribution in [3.05, 3.63) is 76.4 Å². The smallest absolute Gasteiger partial charge is 0.255 e. The van der Waals surface area contributed by atoms with Crippen molar-refractivity contribution in [2.24, 2.45) is 0 Å². The maximum Gasteiger partial charge on any atom is 0.255 e. The summed E-state index contributed by atoms with van der Waals surface area (Å²) in [6, 6.07) is 14.4. The second kappa shape index (κ2) is 10.9. The van der Waals surface area contributed by atoms with Gasteiger partial charge in [-0.25, -0.2) is 9.97 Å². The number of hydrogen-bond donors (Lipinski definition) is 2. The quantitative estimate of drug-likeness (QED) is 0.464. The topological polar surface area (TPSA) is 108 Å². The second-order valence-electron chi connectivity index (χ2n) is 10.2. The van der Waals surface area contributed by atoms with Crippen LogP contribution in [0.5, 0.6) is 0 Å². The number of nitrogens with zero attached hydrogens (tertiary/aromatic N) is 4. The molecule has 3 aromatic rings. The lowest BCUT2D eigenvalue weighted by Gasteiger charge is -2.28. The number of likely N-dealkylation sites (tertiary alicyclic amines) is 1. The zero-order chi connectivity index (χ0) is 26.9. The molecule has 0 saturated carbocycles. The summed E-state index contributed by atoms with van der Waals surface area (Å²) >= 11 is 6.48. The fraction of sp³-hybridized carbons (Fsp3) is 0.379. The normalized spacial score (nSPS) is 20.4. The van der Waals surface area contributed by atoms with E-state index in [1.165, 1.54) is 0 Å². The minimum Gasteiger partial charge on any atom is -0.394 e. The summed E-state index contributed by atoms with van der Waals surface area (Å²) < 4.78 is 5.43. The Bertz CT molecular complexity index is 1380. The van der Waals surface area contributed by atoms with Crippen LogP contribution in [0.15, 0.2) is 54.7 Å². The van der Waals surface area contributed by atoms with Crippen LogP contribution in [0.3, 0.4) is 0 Å². The zero-order valence-electron chi connectivity index (χ0n) is 21.4. The molecular weight excluding hydrogens is 518 g/mol. The number of benzene rings is 2. The number of fused-ring (bicyclic) bond motifs is 1. The Morgan fingerprint density at radius 2 is 1.90 bits per heavy atom. The molecule has 2 aromatic carbocycles. The van der Waals surface area contributed by atoms with Crippen LogP contribution in [0.2, 0.25) is 5.02 Å². The first-order valence-electron chi connectivity index (χ1n) is 13.3. The van der Waals surface area contributed by atoms with Crippen LogP contribution in [0.4, 0.5) is 5.95 Å². The molecule has 202 valence electrons. The lowest BCUT2D eigenvalue weighted by Crippen LogP contribution is -2.43. The van der Waals surface area contributed by atoms with Gasteiger partial charge in [-0.05, 0) is 36.5 Å². The van der Waals surface area contributed by atoms with Crippen molar-refractivity contribution < 1.29 is 19.4 Å². The third-order valence-corrected chi connectivity index (χ3v) is 8.11. The van der Waals surface area contributed by atoms with Crippen LogP contribution in [-0.4, -0.2) is 75.1 Å². The molecule has 2 N–H and O–H groups in total. The zero-order valence-corrected chi connectivity index (χ0v) is 22.2. The molecule has 0 radical (unpaired) electrons. The van der Waals surface area contributed by atoms with E-state index < -0.39 is 12.1 Å². The first kappa shape index (κ1) is 25.7. The monoisotopic (exact) mass is 547 g/mol. The molecule has 3 aliphatic heterocycles. The molecule has 1 unspecified atom stereocenters. The highest BCUT2D eigenvalue weighted by Crippen LogP contribution is 2.35. The summed E-state index contributed by atoms with van der Waals surface area (Å²) in [6.45, 7) is 2.08. The number of anilines is 1. The van der Waals surface area contributed by atoms with Gasteiger partial charge in [-0.15, -0.1) is 0 Å². The van der Waals surface area contributed by atoms with Crippen LogP contribution >= 0.6 is 11.6 Å². The van der Waals surface area contributed by atoms with Gasteiger partial charge in [0, 0.05) is 43.5 Å². The molecule has 4 heterocycles. The van der Waals surface area contributed by atoms with E-state index in [0.717, 1.165) is 29.5 Å². The number of aromatic nitrogens is 2. The van der Waals surface area contributed by atoms with E-state index in [0.29, 0.717) is 55.0 Å². The van der Waals surface area contributed by atoms with Crippen LogP contribution < -0.4 is 5.32 Å². The Hall–Kier alpha value is -3.53. The fourth-order valence-electron chi connectivity index (χ4n) is 5.73. The number of nitrogens with one attached hydrogen (secondary N) is 1. The van der Waals surface area contributed by atoms with Gasteiger partial charge in [0.25, 0.3) is 5.91 Å². The molecule has 2 amide bonds. The van der Waals surface area contributed by atoms with Gasteiger partial charge in [0.05, 0.1) is 29.6 Å². The number of amides is 2. The van der Waals surface area contributed by atoms with E-state index in [-0.39, 0.29) is 24.5 Å². The average molecular weight is 548 g/mol. The number of aliphatic hydroxyl groups is 1. The molecule has 1 aromatic heterocycles. The van der Waals surface area contributed by atoms with Crippen molar-refractivity contribution in [1.29, 1.82) is 0 Å². The number of carbonyl (C=O) groups is 2. The summed E-state index contributed by atoms with van der Waals surface area (Å²) in [4.78, 5) is 39.4. The number of ether oxygens (including phenoxy) is 1. The Morgan fingerprint density at radius 1 is 1.10 bits per heavy atom. The molecule has 2 atom stereocenters. The van der Waals surface area contributed by atoms with Gasteiger partial charge in [-0.2, -0.15) is 0 Å². The lowest BCUT2D eigenvalue weighted by atomic mass is 10.0. The highest BCUT2D eigenvalue weighted by Gasteiger charge is 2.44.